The van der Waals surface area contributed by atoms with Crippen molar-refractivity contribution in [3.05, 3.63) is 52.1 Å². The van der Waals surface area contributed by atoms with Gasteiger partial charge in [0.05, 0.1) is 11.7 Å². The average molecular weight is 414 g/mol. The zero-order chi connectivity index (χ0) is 20.5. The maximum Gasteiger partial charge on any atom is 0.263 e. The van der Waals surface area contributed by atoms with Crippen LogP contribution in [0.15, 0.2) is 40.8 Å². The lowest BCUT2D eigenvalue weighted by molar-refractivity contribution is -0.123. The van der Waals surface area contributed by atoms with Crippen molar-refractivity contribution in [2.24, 2.45) is 11.8 Å². The fourth-order valence-corrected chi connectivity index (χ4v) is 5.02. The fraction of sp³-hybridized carbons (Fsp3) is 0.409. The molecule has 1 N–H and O–H groups in total. The molecular formula is C22H24FN3O2S. The summed E-state index contributed by atoms with van der Waals surface area (Å²) in [5.74, 6) is 0.510. The smallest absolute Gasteiger partial charge is 0.263 e. The van der Waals surface area contributed by atoms with Crippen molar-refractivity contribution in [1.29, 1.82) is 0 Å². The van der Waals surface area contributed by atoms with Gasteiger partial charge in [-0.05, 0) is 36.0 Å². The highest BCUT2D eigenvalue weighted by molar-refractivity contribution is 7.17. The van der Waals surface area contributed by atoms with E-state index in [1.165, 1.54) is 40.8 Å². The van der Waals surface area contributed by atoms with Crippen molar-refractivity contribution in [1.82, 2.24) is 14.9 Å². The van der Waals surface area contributed by atoms with Crippen molar-refractivity contribution in [2.75, 3.05) is 0 Å². The maximum absolute atomic E-state index is 13.3. The summed E-state index contributed by atoms with van der Waals surface area (Å²) >= 11 is 1.36. The molecule has 2 heterocycles. The van der Waals surface area contributed by atoms with Crippen molar-refractivity contribution in [3.8, 4) is 11.1 Å². The fourth-order valence-electron chi connectivity index (χ4n) is 4.11. The zero-order valence-electron chi connectivity index (χ0n) is 16.5. The third kappa shape index (κ3) is 3.96. The number of carbonyl (C=O) groups is 1. The summed E-state index contributed by atoms with van der Waals surface area (Å²) in [4.78, 5) is 30.7. The van der Waals surface area contributed by atoms with Gasteiger partial charge in [0.2, 0.25) is 5.91 Å². The van der Waals surface area contributed by atoms with Crippen LogP contribution in [0.4, 0.5) is 4.39 Å². The van der Waals surface area contributed by atoms with E-state index in [4.69, 9.17) is 0 Å². The van der Waals surface area contributed by atoms with Crippen LogP contribution in [0.25, 0.3) is 21.3 Å². The molecule has 1 aromatic carbocycles. The van der Waals surface area contributed by atoms with Gasteiger partial charge in [0.1, 0.15) is 17.2 Å². The Kier molecular flexibility index (Phi) is 5.50. The van der Waals surface area contributed by atoms with Crippen molar-refractivity contribution in [2.45, 2.75) is 45.7 Å². The second-order valence-corrected chi connectivity index (χ2v) is 8.81. The molecule has 3 aromatic rings. The monoisotopic (exact) mass is 413 g/mol. The Morgan fingerprint density at radius 2 is 2.03 bits per heavy atom. The molecule has 1 amide bonds. The van der Waals surface area contributed by atoms with E-state index in [0.29, 0.717) is 27.6 Å². The molecule has 29 heavy (non-hydrogen) atoms. The molecule has 0 radical (unpaired) electrons. The topological polar surface area (TPSA) is 64.0 Å². The van der Waals surface area contributed by atoms with Crippen molar-refractivity contribution >= 4 is 27.5 Å². The van der Waals surface area contributed by atoms with Gasteiger partial charge in [-0.1, -0.05) is 38.8 Å². The molecule has 0 aliphatic heterocycles. The van der Waals surface area contributed by atoms with E-state index < -0.39 is 0 Å². The van der Waals surface area contributed by atoms with Crippen LogP contribution in [0.2, 0.25) is 0 Å². The minimum absolute atomic E-state index is 0.0575. The number of aromatic nitrogens is 2. The molecule has 152 valence electrons. The second-order valence-electron chi connectivity index (χ2n) is 7.96. The summed E-state index contributed by atoms with van der Waals surface area (Å²) in [6.45, 7) is 4.34. The highest BCUT2D eigenvalue weighted by atomic mass is 32.1. The first-order chi connectivity index (χ1) is 13.9. The molecule has 1 aliphatic rings. The summed E-state index contributed by atoms with van der Waals surface area (Å²) < 4.78 is 14.6. The van der Waals surface area contributed by atoms with Crippen molar-refractivity contribution in [3.63, 3.8) is 0 Å². The highest BCUT2D eigenvalue weighted by Crippen LogP contribution is 2.31. The molecule has 1 aliphatic carbocycles. The third-order valence-electron chi connectivity index (χ3n) is 6.08. The summed E-state index contributed by atoms with van der Waals surface area (Å²) in [5.41, 5.74) is 1.21. The molecular weight excluding hydrogens is 389 g/mol. The quantitative estimate of drug-likeness (QED) is 0.697. The normalized spacial score (nSPS) is 22.0. The Balaban J connectivity index is 1.59. The van der Waals surface area contributed by atoms with E-state index in [-0.39, 0.29) is 29.9 Å². The summed E-state index contributed by atoms with van der Waals surface area (Å²) in [5, 5.41) is 5.42. The Morgan fingerprint density at radius 3 is 2.79 bits per heavy atom. The minimum atomic E-state index is -0.327. The van der Waals surface area contributed by atoms with E-state index in [1.54, 1.807) is 12.1 Å². The number of hydrogen-bond acceptors (Lipinski definition) is 4. The van der Waals surface area contributed by atoms with Crippen molar-refractivity contribution < 1.29 is 9.18 Å². The van der Waals surface area contributed by atoms with Crippen LogP contribution in [-0.2, 0) is 11.3 Å². The molecule has 4 rings (SSSR count). The summed E-state index contributed by atoms with van der Waals surface area (Å²) in [6, 6.07) is 6.17. The molecule has 5 nitrogen and oxygen atoms in total. The van der Waals surface area contributed by atoms with Crippen LogP contribution in [0.5, 0.6) is 0 Å². The first kappa shape index (κ1) is 19.8. The van der Waals surface area contributed by atoms with Gasteiger partial charge in [0, 0.05) is 17.0 Å². The summed E-state index contributed by atoms with van der Waals surface area (Å²) in [7, 11) is 0. The molecule has 3 atom stereocenters. The van der Waals surface area contributed by atoms with Crippen LogP contribution in [0.1, 0.15) is 33.1 Å². The molecule has 2 aromatic heterocycles. The van der Waals surface area contributed by atoms with Gasteiger partial charge in [-0.25, -0.2) is 9.37 Å². The van der Waals surface area contributed by atoms with E-state index in [2.05, 4.69) is 24.1 Å². The number of thiophene rings is 1. The maximum atomic E-state index is 13.3. The van der Waals surface area contributed by atoms with Gasteiger partial charge in [-0.2, -0.15) is 0 Å². The van der Waals surface area contributed by atoms with Crippen LogP contribution in [0.3, 0.4) is 0 Å². The molecule has 0 spiro atoms. The van der Waals surface area contributed by atoms with E-state index in [9.17, 15) is 14.0 Å². The van der Waals surface area contributed by atoms with Crippen LogP contribution >= 0.6 is 11.3 Å². The summed E-state index contributed by atoms with van der Waals surface area (Å²) in [6.07, 6.45) is 4.71. The van der Waals surface area contributed by atoms with Gasteiger partial charge < -0.3 is 5.32 Å². The van der Waals surface area contributed by atoms with Gasteiger partial charge in [0.15, 0.2) is 0 Å². The van der Waals surface area contributed by atoms with E-state index >= 15 is 0 Å². The number of amides is 1. The predicted molar refractivity (Wildman–Crippen MR) is 113 cm³/mol. The highest BCUT2D eigenvalue weighted by Gasteiger charge is 2.28. The first-order valence-corrected chi connectivity index (χ1v) is 10.8. The molecule has 7 heteroatoms. The minimum Gasteiger partial charge on any atom is -0.352 e. The van der Waals surface area contributed by atoms with Crippen LogP contribution in [0, 0.1) is 17.7 Å². The Hall–Kier alpha value is -2.54. The number of benzene rings is 1. The number of carbonyl (C=O) groups excluding carboxylic acids is 1. The van der Waals surface area contributed by atoms with Gasteiger partial charge >= 0.3 is 0 Å². The number of hydrogen-bond donors (Lipinski definition) is 1. The van der Waals surface area contributed by atoms with Gasteiger partial charge in [0.25, 0.3) is 5.56 Å². The number of nitrogens with one attached hydrogen (secondary N) is 1. The molecule has 0 saturated heterocycles. The standard InChI is InChI=1S/C22H24FN3O2S/c1-13-4-3-5-18(14(13)2)25-19(27)10-26-12-24-21-20(22(26)28)17(11-29-21)15-6-8-16(23)9-7-15/h6-9,11-14,18H,3-5,10H2,1-2H3,(H,25,27). The molecule has 1 saturated carbocycles. The van der Waals surface area contributed by atoms with Crippen LogP contribution in [-0.4, -0.2) is 21.5 Å². The lowest BCUT2D eigenvalue weighted by Crippen LogP contribution is -2.45. The number of rotatable bonds is 4. The zero-order valence-corrected chi connectivity index (χ0v) is 17.3. The van der Waals surface area contributed by atoms with E-state index in [1.807, 2.05) is 5.38 Å². The molecule has 1 fully saturated rings. The molecule has 0 bridgehead atoms. The lowest BCUT2D eigenvalue weighted by atomic mass is 9.78. The molecule has 3 unspecified atom stereocenters. The SMILES string of the molecule is CC1CCCC(NC(=O)Cn2cnc3scc(-c4ccc(F)cc4)c3c2=O)C1C. The Morgan fingerprint density at radius 1 is 1.28 bits per heavy atom. The number of fused-ring (bicyclic) bond motifs is 1. The first-order valence-electron chi connectivity index (χ1n) is 9.96. The third-order valence-corrected chi connectivity index (χ3v) is 6.97. The predicted octanol–water partition coefficient (Wildman–Crippen LogP) is 4.21. The Bertz CT molecular complexity index is 1090. The van der Waals surface area contributed by atoms with E-state index in [0.717, 1.165) is 18.4 Å². The van der Waals surface area contributed by atoms with Gasteiger partial charge in [-0.3, -0.25) is 14.2 Å². The van der Waals surface area contributed by atoms with Gasteiger partial charge in [-0.15, -0.1) is 11.3 Å². The lowest BCUT2D eigenvalue weighted by Gasteiger charge is -2.34. The largest absolute Gasteiger partial charge is 0.352 e. The number of halogens is 1. The Labute approximate surface area is 172 Å². The average Bonchev–Trinajstić information content (AvgIpc) is 3.13. The van der Waals surface area contributed by atoms with Crippen LogP contribution < -0.4 is 10.9 Å². The number of nitrogens with zero attached hydrogens (tertiary/aromatic N) is 2. The second kappa shape index (κ2) is 8.06.